The highest BCUT2D eigenvalue weighted by molar-refractivity contribution is 6.30. The monoisotopic (exact) mass is 330 g/mol. The smallest absolute Gasteiger partial charge is 0.261 e. The highest BCUT2D eigenvalue weighted by Crippen LogP contribution is 2.15. The van der Waals surface area contributed by atoms with Crippen molar-refractivity contribution in [2.24, 2.45) is 0 Å². The lowest BCUT2D eigenvalue weighted by atomic mass is 10.2. The molecule has 23 heavy (non-hydrogen) atoms. The zero-order valence-corrected chi connectivity index (χ0v) is 13.0. The molecule has 0 radical (unpaired) electrons. The minimum absolute atomic E-state index is 0.0703. The van der Waals surface area contributed by atoms with Crippen molar-refractivity contribution >= 4 is 22.5 Å². The second-order valence-corrected chi connectivity index (χ2v) is 5.57. The number of aliphatic hydroxyl groups is 1. The highest BCUT2D eigenvalue weighted by Gasteiger charge is 2.10. The maximum atomic E-state index is 12.3. The van der Waals surface area contributed by atoms with Gasteiger partial charge in [0.25, 0.3) is 5.56 Å². The Morgan fingerprint density at radius 2 is 1.91 bits per heavy atom. The first-order valence-corrected chi connectivity index (χ1v) is 7.52. The topological polar surface area (TPSA) is 64.4 Å². The molecule has 0 saturated carbocycles. The lowest BCUT2D eigenvalue weighted by Gasteiger charge is -2.14. The Balaban J connectivity index is 1.68. The summed E-state index contributed by atoms with van der Waals surface area (Å²) in [7, 11) is 0. The molecule has 3 aromatic rings. The van der Waals surface area contributed by atoms with Crippen molar-refractivity contribution in [1.29, 1.82) is 0 Å². The number of hydrogen-bond donors (Lipinski definition) is 1. The van der Waals surface area contributed by atoms with Gasteiger partial charge in [-0.1, -0.05) is 23.7 Å². The van der Waals surface area contributed by atoms with E-state index in [1.54, 1.807) is 42.5 Å². The van der Waals surface area contributed by atoms with E-state index < -0.39 is 6.10 Å². The quantitative estimate of drug-likeness (QED) is 0.780. The van der Waals surface area contributed by atoms with Crippen LogP contribution < -0.4 is 10.3 Å². The second kappa shape index (κ2) is 6.81. The molecule has 0 bridgehead atoms. The fourth-order valence-corrected chi connectivity index (χ4v) is 2.37. The van der Waals surface area contributed by atoms with E-state index in [0.717, 1.165) is 0 Å². The molecule has 0 fully saturated rings. The van der Waals surface area contributed by atoms with Crippen LogP contribution in [0.1, 0.15) is 0 Å². The number of benzene rings is 2. The third-order valence-electron chi connectivity index (χ3n) is 3.39. The van der Waals surface area contributed by atoms with E-state index in [2.05, 4.69) is 4.98 Å². The average molecular weight is 331 g/mol. The Bertz CT molecular complexity index is 862. The van der Waals surface area contributed by atoms with Crippen molar-refractivity contribution in [3.63, 3.8) is 0 Å². The van der Waals surface area contributed by atoms with Gasteiger partial charge in [-0.2, -0.15) is 0 Å². The van der Waals surface area contributed by atoms with Crippen molar-refractivity contribution in [3.8, 4) is 5.75 Å². The van der Waals surface area contributed by atoms with Crippen LogP contribution in [0.5, 0.6) is 5.75 Å². The summed E-state index contributed by atoms with van der Waals surface area (Å²) in [5.41, 5.74) is 0.460. The molecule has 0 amide bonds. The summed E-state index contributed by atoms with van der Waals surface area (Å²) in [6.07, 6.45) is 0.613. The average Bonchev–Trinajstić information content (AvgIpc) is 2.57. The molecular formula is C17H15ClN2O3. The van der Waals surface area contributed by atoms with Crippen LogP contribution in [0.15, 0.2) is 59.7 Å². The zero-order valence-electron chi connectivity index (χ0n) is 12.2. The number of halogens is 1. The van der Waals surface area contributed by atoms with E-state index in [4.69, 9.17) is 16.3 Å². The number of para-hydroxylation sites is 1. The molecule has 1 aromatic heterocycles. The van der Waals surface area contributed by atoms with Crippen LogP contribution in [-0.4, -0.2) is 27.4 Å². The Labute approximate surface area is 137 Å². The minimum atomic E-state index is -0.827. The van der Waals surface area contributed by atoms with Crippen molar-refractivity contribution in [3.05, 3.63) is 70.2 Å². The Morgan fingerprint density at radius 1 is 1.17 bits per heavy atom. The SMILES string of the molecule is O=c1c2ccccc2ncn1CC(O)COc1ccc(Cl)cc1. The Morgan fingerprint density at radius 3 is 2.70 bits per heavy atom. The maximum absolute atomic E-state index is 12.3. The molecule has 1 N–H and O–H groups in total. The van der Waals surface area contributed by atoms with E-state index in [-0.39, 0.29) is 18.7 Å². The number of fused-ring (bicyclic) bond motifs is 1. The van der Waals surface area contributed by atoms with Crippen LogP contribution in [-0.2, 0) is 6.54 Å². The Hall–Kier alpha value is -2.37. The van der Waals surface area contributed by atoms with Gasteiger partial charge in [0.1, 0.15) is 18.5 Å². The molecule has 1 heterocycles. The first kappa shape index (κ1) is 15.5. The molecule has 3 rings (SSSR count). The summed E-state index contributed by atoms with van der Waals surface area (Å²) >= 11 is 5.80. The van der Waals surface area contributed by atoms with Crippen molar-refractivity contribution in [2.45, 2.75) is 12.6 Å². The van der Waals surface area contributed by atoms with Crippen LogP contribution in [0.25, 0.3) is 10.9 Å². The lowest BCUT2D eigenvalue weighted by molar-refractivity contribution is 0.0915. The molecule has 0 aliphatic rings. The van der Waals surface area contributed by atoms with Gasteiger partial charge in [-0.15, -0.1) is 0 Å². The van der Waals surface area contributed by atoms with E-state index in [1.807, 2.05) is 6.07 Å². The molecule has 0 aliphatic carbocycles. The second-order valence-electron chi connectivity index (χ2n) is 5.14. The maximum Gasteiger partial charge on any atom is 0.261 e. The molecule has 0 spiro atoms. The van der Waals surface area contributed by atoms with Gasteiger partial charge in [-0.25, -0.2) is 4.98 Å². The number of aromatic nitrogens is 2. The molecule has 1 atom stereocenters. The van der Waals surface area contributed by atoms with Gasteiger partial charge in [-0.3, -0.25) is 9.36 Å². The van der Waals surface area contributed by atoms with Crippen molar-refractivity contribution in [2.75, 3.05) is 6.61 Å². The number of aliphatic hydroxyl groups excluding tert-OH is 1. The molecule has 0 saturated heterocycles. The normalized spacial score (nSPS) is 12.3. The van der Waals surface area contributed by atoms with Crippen LogP contribution in [0.2, 0.25) is 5.02 Å². The van der Waals surface area contributed by atoms with Crippen molar-refractivity contribution in [1.82, 2.24) is 9.55 Å². The predicted octanol–water partition coefficient (Wildman–Crippen LogP) is 2.49. The summed E-state index contributed by atoms with van der Waals surface area (Å²) in [6, 6.07) is 14.0. The molecule has 0 aliphatic heterocycles. The summed E-state index contributed by atoms with van der Waals surface area (Å²) < 4.78 is 6.87. The van der Waals surface area contributed by atoms with Crippen LogP contribution in [0.4, 0.5) is 0 Å². The van der Waals surface area contributed by atoms with E-state index in [1.165, 1.54) is 10.9 Å². The zero-order chi connectivity index (χ0) is 16.2. The van der Waals surface area contributed by atoms with Crippen molar-refractivity contribution < 1.29 is 9.84 Å². The van der Waals surface area contributed by atoms with E-state index in [9.17, 15) is 9.90 Å². The van der Waals surface area contributed by atoms with Gasteiger partial charge >= 0.3 is 0 Å². The first-order chi connectivity index (χ1) is 11.1. The van der Waals surface area contributed by atoms with Gasteiger partial charge in [0.2, 0.25) is 0 Å². The van der Waals surface area contributed by atoms with Crippen LogP contribution >= 0.6 is 11.6 Å². The largest absolute Gasteiger partial charge is 0.491 e. The molecule has 5 nitrogen and oxygen atoms in total. The molecule has 6 heteroatoms. The highest BCUT2D eigenvalue weighted by atomic mass is 35.5. The van der Waals surface area contributed by atoms with E-state index >= 15 is 0 Å². The van der Waals surface area contributed by atoms with Crippen LogP contribution in [0, 0.1) is 0 Å². The third kappa shape index (κ3) is 3.70. The summed E-state index contributed by atoms with van der Waals surface area (Å²) in [4.78, 5) is 16.6. The number of nitrogens with zero attached hydrogens (tertiary/aromatic N) is 2. The lowest BCUT2D eigenvalue weighted by Crippen LogP contribution is -2.30. The number of hydrogen-bond acceptors (Lipinski definition) is 4. The summed E-state index contributed by atoms with van der Waals surface area (Å²) in [5, 5.41) is 11.2. The standard InChI is InChI=1S/C17H15ClN2O3/c18-12-5-7-14(8-6-12)23-10-13(21)9-20-11-19-16-4-2-1-3-15(16)17(20)22/h1-8,11,13,21H,9-10H2. The first-order valence-electron chi connectivity index (χ1n) is 7.14. The fourth-order valence-electron chi connectivity index (χ4n) is 2.24. The van der Waals surface area contributed by atoms with Gasteiger partial charge in [0.05, 0.1) is 23.8 Å². The van der Waals surface area contributed by atoms with E-state index in [0.29, 0.717) is 21.7 Å². The minimum Gasteiger partial charge on any atom is -0.491 e. The summed E-state index contributed by atoms with van der Waals surface area (Å²) in [6.45, 7) is 0.186. The predicted molar refractivity (Wildman–Crippen MR) is 89.0 cm³/mol. The third-order valence-corrected chi connectivity index (χ3v) is 3.65. The molecule has 2 aromatic carbocycles. The molecule has 1 unspecified atom stereocenters. The van der Waals surface area contributed by atoms with Crippen LogP contribution in [0.3, 0.4) is 0 Å². The van der Waals surface area contributed by atoms with Gasteiger partial charge in [-0.05, 0) is 36.4 Å². The number of rotatable bonds is 5. The molecule has 118 valence electrons. The van der Waals surface area contributed by atoms with Gasteiger partial charge in [0, 0.05) is 5.02 Å². The van der Waals surface area contributed by atoms with Gasteiger partial charge in [0.15, 0.2) is 0 Å². The summed E-state index contributed by atoms with van der Waals surface area (Å²) in [5.74, 6) is 0.609. The fraction of sp³-hybridized carbons (Fsp3) is 0.176. The number of ether oxygens (including phenoxy) is 1. The van der Waals surface area contributed by atoms with Gasteiger partial charge < -0.3 is 9.84 Å². The molecular weight excluding hydrogens is 316 g/mol. The Kier molecular flexibility index (Phi) is 4.60.